The van der Waals surface area contributed by atoms with Gasteiger partial charge in [0.1, 0.15) is 11.6 Å². The third-order valence-corrected chi connectivity index (χ3v) is 4.03. The number of benzene rings is 2. The van der Waals surface area contributed by atoms with Crippen LogP contribution in [0.2, 0.25) is 0 Å². The van der Waals surface area contributed by atoms with Gasteiger partial charge in [0.2, 0.25) is 0 Å². The van der Waals surface area contributed by atoms with Crippen molar-refractivity contribution in [2.45, 2.75) is 19.5 Å². The van der Waals surface area contributed by atoms with E-state index in [0.717, 1.165) is 5.56 Å². The lowest BCUT2D eigenvalue weighted by molar-refractivity contribution is 0.244. The lowest BCUT2D eigenvalue weighted by Gasteiger charge is -2.24. The Morgan fingerprint density at radius 1 is 1.17 bits per heavy atom. The molecule has 1 N–H and O–H groups in total. The van der Waals surface area contributed by atoms with E-state index >= 15 is 0 Å². The quantitative estimate of drug-likeness (QED) is 0.804. The van der Waals surface area contributed by atoms with Crippen molar-refractivity contribution in [3.8, 4) is 0 Å². The van der Waals surface area contributed by atoms with Crippen LogP contribution in [-0.4, -0.2) is 21.9 Å². The molecule has 118 valence electrons. The van der Waals surface area contributed by atoms with Crippen molar-refractivity contribution in [2.75, 3.05) is 7.05 Å². The number of H-pyrrole nitrogens is 1. The fourth-order valence-electron chi connectivity index (χ4n) is 2.53. The van der Waals surface area contributed by atoms with Crippen LogP contribution in [-0.2, 0) is 6.54 Å². The average Bonchev–Trinajstić information content (AvgIpc) is 2.56. The average molecular weight is 311 g/mol. The van der Waals surface area contributed by atoms with Crippen LogP contribution in [0.4, 0.5) is 4.39 Å². The van der Waals surface area contributed by atoms with Gasteiger partial charge in [-0.25, -0.2) is 9.37 Å². The fourth-order valence-corrected chi connectivity index (χ4v) is 2.53. The Bertz CT molecular complexity index is 873. The number of halogens is 1. The van der Waals surface area contributed by atoms with Crippen LogP contribution in [0.1, 0.15) is 24.4 Å². The maximum absolute atomic E-state index is 13.0. The number of hydrogen-bond acceptors (Lipinski definition) is 3. The molecule has 0 saturated carbocycles. The number of para-hydroxylation sites is 1. The standard InChI is InChI=1S/C18H18FN3O/c1-12(22(2)11-13-7-9-14(19)10-8-13)17-20-16-6-4-3-5-15(16)18(23)21-17/h3-10,12H,11H2,1-2H3,(H,20,21,23)/t12-/m0/s1. The predicted octanol–water partition coefficient (Wildman–Crippen LogP) is 3.26. The lowest BCUT2D eigenvalue weighted by Crippen LogP contribution is -2.26. The summed E-state index contributed by atoms with van der Waals surface area (Å²) in [6.07, 6.45) is 0. The van der Waals surface area contributed by atoms with Crippen molar-refractivity contribution < 1.29 is 4.39 Å². The normalized spacial score (nSPS) is 12.7. The van der Waals surface area contributed by atoms with Gasteiger partial charge < -0.3 is 4.98 Å². The molecule has 0 aliphatic heterocycles. The van der Waals surface area contributed by atoms with E-state index in [1.165, 1.54) is 12.1 Å². The Balaban J connectivity index is 1.85. The first-order valence-corrected chi connectivity index (χ1v) is 7.48. The fraction of sp³-hybridized carbons (Fsp3) is 0.222. The van der Waals surface area contributed by atoms with Gasteiger partial charge in [-0.2, -0.15) is 0 Å². The zero-order valence-corrected chi connectivity index (χ0v) is 13.1. The van der Waals surface area contributed by atoms with Crippen molar-refractivity contribution in [1.82, 2.24) is 14.9 Å². The van der Waals surface area contributed by atoms with Crippen molar-refractivity contribution in [2.24, 2.45) is 0 Å². The largest absolute Gasteiger partial charge is 0.309 e. The number of aromatic amines is 1. The molecule has 0 amide bonds. The second kappa shape index (κ2) is 6.30. The molecule has 3 rings (SSSR count). The topological polar surface area (TPSA) is 49.0 Å². The number of hydrogen-bond donors (Lipinski definition) is 1. The monoisotopic (exact) mass is 311 g/mol. The van der Waals surface area contributed by atoms with Crippen LogP contribution < -0.4 is 5.56 Å². The Labute approximate surface area is 133 Å². The highest BCUT2D eigenvalue weighted by atomic mass is 19.1. The van der Waals surface area contributed by atoms with E-state index < -0.39 is 0 Å². The molecule has 0 bridgehead atoms. The summed E-state index contributed by atoms with van der Waals surface area (Å²) in [5, 5.41) is 0.588. The number of aromatic nitrogens is 2. The van der Waals surface area contributed by atoms with Gasteiger partial charge in [0.15, 0.2) is 0 Å². The van der Waals surface area contributed by atoms with Crippen LogP contribution in [0.3, 0.4) is 0 Å². The molecule has 0 fully saturated rings. The lowest BCUT2D eigenvalue weighted by atomic mass is 10.1. The smallest absolute Gasteiger partial charge is 0.258 e. The van der Waals surface area contributed by atoms with Gasteiger partial charge in [-0.3, -0.25) is 9.69 Å². The second-order valence-electron chi connectivity index (χ2n) is 5.69. The summed E-state index contributed by atoms with van der Waals surface area (Å²) >= 11 is 0. The number of fused-ring (bicyclic) bond motifs is 1. The third-order valence-electron chi connectivity index (χ3n) is 4.03. The Kier molecular flexibility index (Phi) is 4.21. The van der Waals surface area contributed by atoms with E-state index in [0.29, 0.717) is 23.3 Å². The Hall–Kier alpha value is -2.53. The van der Waals surface area contributed by atoms with E-state index in [1.54, 1.807) is 18.2 Å². The molecule has 1 atom stereocenters. The summed E-state index contributed by atoms with van der Waals surface area (Å²) in [6.45, 7) is 2.62. The van der Waals surface area contributed by atoms with Crippen LogP contribution in [0.25, 0.3) is 10.9 Å². The molecule has 4 nitrogen and oxygen atoms in total. The van der Waals surface area contributed by atoms with Crippen molar-refractivity contribution in [3.05, 3.63) is 76.1 Å². The minimum Gasteiger partial charge on any atom is -0.309 e. The van der Waals surface area contributed by atoms with Gasteiger partial charge in [-0.1, -0.05) is 24.3 Å². The first-order chi connectivity index (χ1) is 11.0. The highest BCUT2D eigenvalue weighted by Gasteiger charge is 2.15. The summed E-state index contributed by atoms with van der Waals surface area (Å²) in [5.74, 6) is 0.378. The number of rotatable bonds is 4. The van der Waals surface area contributed by atoms with Gasteiger partial charge in [0.05, 0.1) is 16.9 Å². The van der Waals surface area contributed by atoms with E-state index in [1.807, 2.05) is 32.2 Å². The zero-order chi connectivity index (χ0) is 16.4. The van der Waals surface area contributed by atoms with Crippen LogP contribution >= 0.6 is 0 Å². The van der Waals surface area contributed by atoms with Crippen molar-refractivity contribution in [3.63, 3.8) is 0 Å². The van der Waals surface area contributed by atoms with E-state index in [9.17, 15) is 9.18 Å². The summed E-state index contributed by atoms with van der Waals surface area (Å²) in [6, 6.07) is 13.6. The van der Waals surface area contributed by atoms with E-state index in [-0.39, 0.29) is 17.4 Å². The molecule has 0 aliphatic rings. The summed E-state index contributed by atoms with van der Waals surface area (Å²) in [5.41, 5.74) is 1.56. The molecule has 0 radical (unpaired) electrons. The maximum atomic E-state index is 13.0. The number of nitrogens with zero attached hydrogens (tertiary/aromatic N) is 2. The Morgan fingerprint density at radius 2 is 1.87 bits per heavy atom. The summed E-state index contributed by atoms with van der Waals surface area (Å²) in [7, 11) is 1.95. The van der Waals surface area contributed by atoms with Crippen LogP contribution in [0.5, 0.6) is 0 Å². The molecule has 0 unspecified atom stereocenters. The second-order valence-corrected chi connectivity index (χ2v) is 5.69. The van der Waals surface area contributed by atoms with Gasteiger partial charge in [0.25, 0.3) is 5.56 Å². The molecule has 0 spiro atoms. The summed E-state index contributed by atoms with van der Waals surface area (Å²) < 4.78 is 13.0. The van der Waals surface area contributed by atoms with Crippen molar-refractivity contribution >= 4 is 10.9 Å². The SMILES string of the molecule is C[C@@H](c1nc2ccccc2c(=O)[nH]1)N(C)Cc1ccc(F)cc1. The molecule has 3 aromatic rings. The van der Waals surface area contributed by atoms with Gasteiger partial charge in [-0.05, 0) is 43.8 Å². The maximum Gasteiger partial charge on any atom is 0.258 e. The minimum atomic E-state index is -0.245. The highest BCUT2D eigenvalue weighted by molar-refractivity contribution is 5.77. The van der Waals surface area contributed by atoms with Crippen LogP contribution in [0, 0.1) is 5.82 Å². The molecule has 1 aromatic heterocycles. The first-order valence-electron chi connectivity index (χ1n) is 7.48. The van der Waals surface area contributed by atoms with Gasteiger partial charge in [-0.15, -0.1) is 0 Å². The molecule has 2 aromatic carbocycles. The van der Waals surface area contributed by atoms with Gasteiger partial charge >= 0.3 is 0 Å². The number of nitrogens with one attached hydrogen (secondary N) is 1. The molecule has 1 heterocycles. The predicted molar refractivity (Wildman–Crippen MR) is 88.6 cm³/mol. The molecule has 0 aliphatic carbocycles. The van der Waals surface area contributed by atoms with Crippen molar-refractivity contribution in [1.29, 1.82) is 0 Å². The molecular weight excluding hydrogens is 293 g/mol. The zero-order valence-electron chi connectivity index (χ0n) is 13.1. The minimum absolute atomic E-state index is 0.0719. The van der Waals surface area contributed by atoms with E-state index in [4.69, 9.17) is 0 Å². The molecule has 5 heteroatoms. The first kappa shape index (κ1) is 15.4. The molecule has 0 saturated heterocycles. The molecular formula is C18H18FN3O. The third kappa shape index (κ3) is 3.29. The summed E-state index contributed by atoms with van der Waals surface area (Å²) in [4.78, 5) is 21.6. The highest BCUT2D eigenvalue weighted by Crippen LogP contribution is 2.18. The van der Waals surface area contributed by atoms with E-state index in [2.05, 4.69) is 14.9 Å². The van der Waals surface area contributed by atoms with Crippen LogP contribution in [0.15, 0.2) is 53.3 Å². The Morgan fingerprint density at radius 3 is 2.61 bits per heavy atom. The molecule has 23 heavy (non-hydrogen) atoms. The van der Waals surface area contributed by atoms with Gasteiger partial charge in [0, 0.05) is 6.54 Å².